The Morgan fingerprint density at radius 3 is 2.24 bits per heavy atom. The molecule has 0 unspecified atom stereocenters. The molecular formula is C26H30Cl2N2O4. The molecule has 0 radical (unpaired) electrons. The fraction of sp³-hybridized carbons (Fsp3) is 0.462. The van der Waals surface area contributed by atoms with E-state index >= 15 is 0 Å². The molecule has 0 N–H and O–H groups in total. The van der Waals surface area contributed by atoms with Gasteiger partial charge in [-0.15, -0.1) is 0 Å². The zero-order chi connectivity index (χ0) is 24.5. The summed E-state index contributed by atoms with van der Waals surface area (Å²) in [5, 5.41) is 5.02. The van der Waals surface area contributed by atoms with Crippen molar-refractivity contribution in [1.82, 2.24) is 10.0 Å². The summed E-state index contributed by atoms with van der Waals surface area (Å²) in [7, 11) is 0. The van der Waals surface area contributed by atoms with Gasteiger partial charge in [0, 0.05) is 35.6 Å². The highest BCUT2D eigenvalue weighted by atomic mass is 35.5. The quantitative estimate of drug-likeness (QED) is 0.520. The van der Waals surface area contributed by atoms with Crippen molar-refractivity contribution < 1.29 is 19.1 Å². The Labute approximate surface area is 210 Å². The van der Waals surface area contributed by atoms with E-state index in [1.54, 1.807) is 12.1 Å². The van der Waals surface area contributed by atoms with Crippen molar-refractivity contribution in [2.24, 2.45) is 5.92 Å². The van der Waals surface area contributed by atoms with Crippen LogP contribution in [0.3, 0.4) is 0 Å². The number of nitrogens with zero attached hydrogens (tertiary/aromatic N) is 2. The van der Waals surface area contributed by atoms with E-state index in [0.29, 0.717) is 41.8 Å². The molecule has 2 aromatic rings. The molecular weight excluding hydrogens is 475 g/mol. The second-order valence-electron chi connectivity index (χ2n) is 9.71. The van der Waals surface area contributed by atoms with Gasteiger partial charge in [-0.2, -0.15) is 0 Å². The average Bonchev–Trinajstić information content (AvgIpc) is 3.15. The summed E-state index contributed by atoms with van der Waals surface area (Å²) in [5.74, 6) is -0.384. The third-order valence-corrected chi connectivity index (χ3v) is 6.74. The maximum absolute atomic E-state index is 13.0. The number of hydrogen-bond donors (Lipinski definition) is 0. The van der Waals surface area contributed by atoms with Crippen molar-refractivity contribution in [2.75, 3.05) is 32.8 Å². The minimum absolute atomic E-state index is 0.121. The lowest BCUT2D eigenvalue weighted by atomic mass is 9.95. The van der Waals surface area contributed by atoms with E-state index in [2.05, 4.69) is 5.01 Å². The minimum atomic E-state index is -0.549. The summed E-state index contributed by atoms with van der Waals surface area (Å²) >= 11 is 13.3. The van der Waals surface area contributed by atoms with Gasteiger partial charge < -0.3 is 9.47 Å². The van der Waals surface area contributed by atoms with Crippen LogP contribution in [-0.2, 0) is 20.7 Å². The highest BCUT2D eigenvalue weighted by Crippen LogP contribution is 2.35. The number of carbonyl (C=O) groups excluding carboxylic acids is 2. The second-order valence-corrected chi connectivity index (χ2v) is 10.5. The van der Waals surface area contributed by atoms with Crippen LogP contribution < -0.4 is 0 Å². The number of hydrazine groups is 1. The first-order valence-electron chi connectivity index (χ1n) is 11.6. The first-order chi connectivity index (χ1) is 16.1. The largest absolute Gasteiger partial charge is 0.456 e. The van der Waals surface area contributed by atoms with E-state index in [-0.39, 0.29) is 17.8 Å². The summed E-state index contributed by atoms with van der Waals surface area (Å²) in [5.41, 5.74) is 2.46. The number of ether oxygens (including phenoxy) is 2. The Morgan fingerprint density at radius 2 is 1.65 bits per heavy atom. The molecule has 0 aliphatic carbocycles. The minimum Gasteiger partial charge on any atom is -0.456 e. The maximum atomic E-state index is 13.0. The van der Waals surface area contributed by atoms with Crippen LogP contribution >= 0.6 is 23.2 Å². The van der Waals surface area contributed by atoms with E-state index < -0.39 is 5.60 Å². The van der Waals surface area contributed by atoms with Gasteiger partial charge in [0.25, 0.3) is 0 Å². The van der Waals surface area contributed by atoms with Crippen LogP contribution in [-0.4, -0.2) is 60.3 Å². The monoisotopic (exact) mass is 504 g/mol. The van der Waals surface area contributed by atoms with Crippen molar-refractivity contribution in [2.45, 2.75) is 39.2 Å². The van der Waals surface area contributed by atoms with Crippen molar-refractivity contribution in [3.63, 3.8) is 0 Å². The molecule has 4 rings (SSSR count). The summed E-state index contributed by atoms with van der Waals surface area (Å²) in [6.07, 6.45) is 1.28. The van der Waals surface area contributed by atoms with Gasteiger partial charge in [0.15, 0.2) is 0 Å². The van der Waals surface area contributed by atoms with Crippen LogP contribution in [0.2, 0.25) is 10.0 Å². The molecule has 0 saturated carbocycles. The lowest BCUT2D eigenvalue weighted by Crippen LogP contribution is -2.49. The second kappa shape index (κ2) is 10.2. The molecule has 1 atom stereocenters. The molecule has 0 bridgehead atoms. The van der Waals surface area contributed by atoms with Crippen molar-refractivity contribution in [3.8, 4) is 11.1 Å². The van der Waals surface area contributed by atoms with Gasteiger partial charge in [-0.3, -0.25) is 9.80 Å². The van der Waals surface area contributed by atoms with Crippen LogP contribution in [0.4, 0.5) is 0 Å². The van der Waals surface area contributed by atoms with Crippen molar-refractivity contribution >= 4 is 35.1 Å². The molecule has 0 aromatic heterocycles. The summed E-state index contributed by atoms with van der Waals surface area (Å²) < 4.78 is 10.8. The van der Waals surface area contributed by atoms with E-state index in [9.17, 15) is 9.59 Å². The number of esters is 1. The fourth-order valence-corrected chi connectivity index (χ4v) is 4.98. The van der Waals surface area contributed by atoms with Crippen LogP contribution in [0.1, 0.15) is 43.1 Å². The Kier molecular flexibility index (Phi) is 7.53. The summed E-state index contributed by atoms with van der Waals surface area (Å²) in [6.45, 7) is 8.99. The predicted octanol–water partition coefficient (Wildman–Crippen LogP) is 5.25. The normalized spacial score (nSPS) is 19.5. The first kappa shape index (κ1) is 25.0. The van der Waals surface area contributed by atoms with Crippen LogP contribution in [0, 0.1) is 5.92 Å². The molecule has 2 aromatic carbocycles. The maximum Gasteiger partial charge on any atom is 0.338 e. The number of hydrogen-bond acceptors (Lipinski definition) is 5. The van der Waals surface area contributed by atoms with Crippen LogP contribution in [0.25, 0.3) is 11.1 Å². The lowest BCUT2D eigenvalue weighted by Gasteiger charge is -2.34. The number of rotatable bonds is 5. The van der Waals surface area contributed by atoms with Crippen molar-refractivity contribution in [1.29, 1.82) is 0 Å². The number of benzene rings is 2. The van der Waals surface area contributed by atoms with Gasteiger partial charge in [-0.05, 0) is 74.6 Å². The molecule has 8 heteroatoms. The van der Waals surface area contributed by atoms with Crippen LogP contribution in [0.15, 0.2) is 36.4 Å². The summed E-state index contributed by atoms with van der Waals surface area (Å²) in [6, 6.07) is 10.9. The number of morpholine rings is 1. The van der Waals surface area contributed by atoms with Crippen LogP contribution in [0.5, 0.6) is 0 Å². The molecule has 2 fully saturated rings. The van der Waals surface area contributed by atoms with Gasteiger partial charge in [-0.1, -0.05) is 35.3 Å². The smallest absolute Gasteiger partial charge is 0.338 e. The van der Waals surface area contributed by atoms with E-state index in [1.165, 1.54) is 0 Å². The highest BCUT2D eigenvalue weighted by Gasteiger charge is 2.36. The molecule has 2 heterocycles. The standard InChI is InChI=1S/C26H30Cl2N2O4/c1-26(2,3)34-25(32)18-6-4-17(5-7-18)20-15-22(27)21(23(28)16-20)14-19-8-9-30(24(19)31)29-10-12-33-13-11-29/h4-7,15-16,19H,8-14H2,1-3H3/t19-/m0/s1. The predicted molar refractivity (Wildman–Crippen MR) is 133 cm³/mol. The highest BCUT2D eigenvalue weighted by molar-refractivity contribution is 6.36. The van der Waals surface area contributed by atoms with Gasteiger partial charge in [-0.25, -0.2) is 9.80 Å². The fourth-order valence-electron chi connectivity index (χ4n) is 4.33. The third kappa shape index (κ3) is 5.74. The number of amides is 1. The van der Waals surface area contributed by atoms with E-state index in [1.807, 2.05) is 50.0 Å². The lowest BCUT2D eigenvalue weighted by molar-refractivity contribution is -0.153. The molecule has 34 heavy (non-hydrogen) atoms. The molecule has 2 aliphatic rings. The Balaban J connectivity index is 1.46. The first-order valence-corrected chi connectivity index (χ1v) is 12.3. The topological polar surface area (TPSA) is 59.1 Å². The third-order valence-electron chi connectivity index (χ3n) is 6.07. The molecule has 0 spiro atoms. The average molecular weight is 505 g/mol. The van der Waals surface area contributed by atoms with E-state index in [4.69, 9.17) is 32.7 Å². The number of carbonyl (C=O) groups is 2. The molecule has 182 valence electrons. The van der Waals surface area contributed by atoms with Gasteiger partial charge in [0.1, 0.15) is 5.60 Å². The zero-order valence-electron chi connectivity index (χ0n) is 19.8. The molecule has 1 amide bonds. The Hall–Kier alpha value is -2.12. The molecule has 2 aliphatic heterocycles. The number of halogens is 2. The molecule has 2 saturated heterocycles. The Bertz CT molecular complexity index is 1040. The summed E-state index contributed by atoms with van der Waals surface area (Å²) in [4.78, 5) is 25.3. The SMILES string of the molecule is CC(C)(C)OC(=O)c1ccc(-c2cc(Cl)c(C[C@@H]3CCN(N4CCOCC4)C3=O)c(Cl)c2)cc1. The van der Waals surface area contributed by atoms with Gasteiger partial charge >= 0.3 is 5.97 Å². The Morgan fingerprint density at radius 1 is 1.03 bits per heavy atom. The van der Waals surface area contributed by atoms with Gasteiger partial charge in [0.2, 0.25) is 5.91 Å². The molecule has 6 nitrogen and oxygen atoms in total. The van der Waals surface area contributed by atoms with E-state index in [0.717, 1.165) is 36.2 Å². The van der Waals surface area contributed by atoms with Gasteiger partial charge in [0.05, 0.1) is 18.8 Å². The zero-order valence-corrected chi connectivity index (χ0v) is 21.3. The van der Waals surface area contributed by atoms with Crippen molar-refractivity contribution in [3.05, 3.63) is 57.6 Å².